The van der Waals surface area contributed by atoms with Gasteiger partial charge >= 0.3 is 0 Å². The van der Waals surface area contributed by atoms with Crippen LogP contribution in [0.15, 0.2) is 0 Å². The van der Waals surface area contributed by atoms with Crippen LogP contribution < -0.4 is 10.6 Å². The zero-order valence-electron chi connectivity index (χ0n) is 8.99. The number of aryl methyl sites for hydroxylation is 1. The SMILES string of the molecule is CCc1nnc(CCN)nc1N(C)C. The van der Waals surface area contributed by atoms with Crippen LogP contribution in [-0.2, 0) is 12.8 Å². The van der Waals surface area contributed by atoms with Crippen molar-refractivity contribution < 1.29 is 0 Å². The third kappa shape index (κ3) is 2.38. The zero-order chi connectivity index (χ0) is 10.6. The third-order valence-corrected chi connectivity index (χ3v) is 1.91. The van der Waals surface area contributed by atoms with Gasteiger partial charge in [0.15, 0.2) is 11.6 Å². The Kier molecular flexibility index (Phi) is 3.76. The number of anilines is 1. The molecule has 0 radical (unpaired) electrons. The van der Waals surface area contributed by atoms with Crippen molar-refractivity contribution in [1.82, 2.24) is 15.2 Å². The van der Waals surface area contributed by atoms with Crippen LogP contribution in [0.4, 0.5) is 5.82 Å². The van der Waals surface area contributed by atoms with Gasteiger partial charge in [-0.2, -0.15) is 0 Å². The van der Waals surface area contributed by atoms with Crippen LogP contribution in [0.2, 0.25) is 0 Å². The Hall–Kier alpha value is -1.23. The summed E-state index contributed by atoms with van der Waals surface area (Å²) in [5.74, 6) is 1.61. The highest BCUT2D eigenvalue weighted by Crippen LogP contribution is 2.12. The second kappa shape index (κ2) is 4.85. The molecule has 0 atom stereocenters. The van der Waals surface area contributed by atoms with Crippen molar-refractivity contribution in [3.05, 3.63) is 11.5 Å². The first-order valence-electron chi connectivity index (χ1n) is 4.78. The minimum Gasteiger partial charge on any atom is -0.361 e. The van der Waals surface area contributed by atoms with Gasteiger partial charge in [0.25, 0.3) is 0 Å². The minimum atomic E-state index is 0.556. The fourth-order valence-corrected chi connectivity index (χ4v) is 1.19. The number of hydrogen-bond donors (Lipinski definition) is 1. The van der Waals surface area contributed by atoms with E-state index in [4.69, 9.17) is 5.73 Å². The molecule has 78 valence electrons. The lowest BCUT2D eigenvalue weighted by atomic mass is 10.3. The highest BCUT2D eigenvalue weighted by molar-refractivity contribution is 5.41. The summed E-state index contributed by atoms with van der Waals surface area (Å²) in [5, 5.41) is 8.14. The summed E-state index contributed by atoms with van der Waals surface area (Å²) in [5.41, 5.74) is 6.36. The molecule has 0 aliphatic carbocycles. The summed E-state index contributed by atoms with van der Waals surface area (Å²) in [6.45, 7) is 2.60. The molecule has 1 aromatic rings. The van der Waals surface area contributed by atoms with Crippen LogP contribution in [-0.4, -0.2) is 35.8 Å². The van der Waals surface area contributed by atoms with E-state index in [1.807, 2.05) is 25.9 Å². The van der Waals surface area contributed by atoms with E-state index in [1.54, 1.807) is 0 Å². The van der Waals surface area contributed by atoms with Crippen LogP contribution in [0.3, 0.4) is 0 Å². The molecule has 0 amide bonds. The van der Waals surface area contributed by atoms with E-state index in [9.17, 15) is 0 Å². The third-order valence-electron chi connectivity index (χ3n) is 1.91. The molecule has 0 fully saturated rings. The average molecular weight is 195 g/mol. The lowest BCUT2D eigenvalue weighted by Gasteiger charge is -2.14. The maximum Gasteiger partial charge on any atom is 0.154 e. The summed E-state index contributed by atoms with van der Waals surface area (Å²) in [4.78, 5) is 6.36. The Morgan fingerprint density at radius 1 is 1.29 bits per heavy atom. The number of nitrogens with two attached hydrogens (primary N) is 1. The Bertz CT molecular complexity index is 297. The Labute approximate surface area is 84.3 Å². The van der Waals surface area contributed by atoms with Crippen LogP contribution >= 0.6 is 0 Å². The van der Waals surface area contributed by atoms with Crippen molar-refractivity contribution in [3.8, 4) is 0 Å². The zero-order valence-corrected chi connectivity index (χ0v) is 8.99. The molecule has 0 spiro atoms. The molecule has 0 bridgehead atoms. The summed E-state index contributed by atoms with van der Waals surface area (Å²) < 4.78 is 0. The van der Waals surface area contributed by atoms with E-state index in [2.05, 4.69) is 15.2 Å². The lowest BCUT2D eigenvalue weighted by molar-refractivity contribution is 0.769. The predicted octanol–water partition coefficient (Wildman–Crippen LogP) is 0.00120. The molecule has 1 rings (SSSR count). The standard InChI is InChI=1S/C9H17N5/c1-4-7-9(14(2)3)11-8(5-6-10)13-12-7/h4-6,10H2,1-3H3. The molecule has 5 nitrogen and oxygen atoms in total. The Morgan fingerprint density at radius 2 is 2.00 bits per heavy atom. The quantitative estimate of drug-likeness (QED) is 0.732. The van der Waals surface area contributed by atoms with Crippen molar-refractivity contribution in [2.75, 3.05) is 25.5 Å². The van der Waals surface area contributed by atoms with Crippen molar-refractivity contribution in [1.29, 1.82) is 0 Å². The maximum atomic E-state index is 5.44. The number of aromatic nitrogens is 3. The molecule has 0 saturated heterocycles. The molecule has 0 aromatic carbocycles. The van der Waals surface area contributed by atoms with Crippen molar-refractivity contribution in [3.63, 3.8) is 0 Å². The van der Waals surface area contributed by atoms with Gasteiger partial charge < -0.3 is 10.6 Å². The van der Waals surface area contributed by atoms with Gasteiger partial charge in [-0.3, -0.25) is 0 Å². The molecular formula is C9H17N5. The van der Waals surface area contributed by atoms with Gasteiger partial charge in [-0.05, 0) is 13.0 Å². The largest absolute Gasteiger partial charge is 0.361 e. The highest BCUT2D eigenvalue weighted by atomic mass is 15.2. The monoisotopic (exact) mass is 195 g/mol. The molecule has 1 aromatic heterocycles. The molecule has 0 aliphatic rings. The Morgan fingerprint density at radius 3 is 2.50 bits per heavy atom. The summed E-state index contributed by atoms with van der Waals surface area (Å²) in [6, 6.07) is 0. The predicted molar refractivity (Wildman–Crippen MR) is 56.3 cm³/mol. The molecule has 0 saturated carbocycles. The topological polar surface area (TPSA) is 67.9 Å². The van der Waals surface area contributed by atoms with Gasteiger partial charge in [0.05, 0.1) is 0 Å². The highest BCUT2D eigenvalue weighted by Gasteiger charge is 2.08. The summed E-state index contributed by atoms with van der Waals surface area (Å²) in [6.07, 6.45) is 1.52. The number of rotatable bonds is 4. The molecule has 1 heterocycles. The average Bonchev–Trinajstić information content (AvgIpc) is 2.18. The first-order valence-corrected chi connectivity index (χ1v) is 4.78. The van der Waals surface area contributed by atoms with Crippen LogP contribution in [0.1, 0.15) is 18.4 Å². The first kappa shape index (κ1) is 10.8. The van der Waals surface area contributed by atoms with Gasteiger partial charge in [-0.15, -0.1) is 10.2 Å². The number of hydrogen-bond acceptors (Lipinski definition) is 5. The minimum absolute atomic E-state index is 0.556. The van der Waals surface area contributed by atoms with Crippen LogP contribution in [0.25, 0.3) is 0 Å². The van der Waals surface area contributed by atoms with E-state index in [-0.39, 0.29) is 0 Å². The second-order valence-electron chi connectivity index (χ2n) is 3.28. The van der Waals surface area contributed by atoms with Crippen molar-refractivity contribution >= 4 is 5.82 Å². The van der Waals surface area contributed by atoms with Gasteiger partial charge in [0, 0.05) is 20.5 Å². The number of nitrogens with zero attached hydrogens (tertiary/aromatic N) is 4. The molecule has 2 N–H and O–H groups in total. The lowest BCUT2D eigenvalue weighted by Crippen LogP contribution is -2.17. The first-order chi connectivity index (χ1) is 6.69. The normalized spacial score (nSPS) is 10.3. The van der Waals surface area contributed by atoms with E-state index < -0.39 is 0 Å². The fraction of sp³-hybridized carbons (Fsp3) is 0.667. The van der Waals surface area contributed by atoms with Crippen LogP contribution in [0.5, 0.6) is 0 Å². The summed E-state index contributed by atoms with van der Waals surface area (Å²) >= 11 is 0. The smallest absolute Gasteiger partial charge is 0.154 e. The Balaban J connectivity index is 3.01. The summed E-state index contributed by atoms with van der Waals surface area (Å²) in [7, 11) is 3.91. The van der Waals surface area contributed by atoms with E-state index >= 15 is 0 Å². The van der Waals surface area contributed by atoms with E-state index in [0.717, 1.165) is 17.9 Å². The van der Waals surface area contributed by atoms with Gasteiger partial charge in [-0.25, -0.2) is 4.98 Å². The van der Waals surface area contributed by atoms with Gasteiger partial charge in [0.1, 0.15) is 5.69 Å². The molecule has 14 heavy (non-hydrogen) atoms. The van der Waals surface area contributed by atoms with E-state index in [0.29, 0.717) is 18.8 Å². The van der Waals surface area contributed by atoms with Crippen molar-refractivity contribution in [2.24, 2.45) is 5.73 Å². The van der Waals surface area contributed by atoms with Gasteiger partial charge in [0.2, 0.25) is 0 Å². The molecule has 0 unspecified atom stereocenters. The molecule has 5 heteroatoms. The maximum absolute atomic E-state index is 5.44. The molecular weight excluding hydrogens is 178 g/mol. The van der Waals surface area contributed by atoms with Crippen molar-refractivity contribution in [2.45, 2.75) is 19.8 Å². The van der Waals surface area contributed by atoms with Gasteiger partial charge in [-0.1, -0.05) is 6.92 Å². The fourth-order valence-electron chi connectivity index (χ4n) is 1.19. The van der Waals surface area contributed by atoms with Crippen LogP contribution in [0, 0.1) is 0 Å². The van der Waals surface area contributed by atoms with E-state index in [1.165, 1.54) is 0 Å². The second-order valence-corrected chi connectivity index (χ2v) is 3.28. The molecule has 0 aliphatic heterocycles.